The quantitative estimate of drug-likeness (QED) is 0.469. The summed E-state index contributed by atoms with van der Waals surface area (Å²) >= 11 is 6.36. The Hall–Kier alpha value is -3.43. The number of ether oxygens (including phenoxy) is 2. The van der Waals surface area contributed by atoms with E-state index in [1.807, 2.05) is 0 Å². The third kappa shape index (κ3) is 4.12. The number of halogens is 3. The minimum Gasteiger partial charge on any atom is -0.492 e. The van der Waals surface area contributed by atoms with Gasteiger partial charge >= 0.3 is 5.97 Å². The lowest BCUT2D eigenvalue weighted by atomic mass is 9.98. The molecule has 178 valence electrons. The van der Waals surface area contributed by atoms with Crippen LogP contribution in [0, 0.1) is 0 Å². The van der Waals surface area contributed by atoms with E-state index in [1.165, 1.54) is 18.2 Å². The highest BCUT2D eigenvalue weighted by Gasteiger charge is 2.44. The summed E-state index contributed by atoms with van der Waals surface area (Å²) in [6, 6.07) is 11.0. The minimum absolute atomic E-state index is 0.00141. The number of aliphatic hydroxyl groups excluding tert-OH is 1. The Labute approximate surface area is 198 Å². The molecule has 0 aromatic heterocycles. The number of carbonyl (C=O) groups is 2. The lowest BCUT2D eigenvalue weighted by molar-refractivity contribution is -0.136. The second-order valence-corrected chi connectivity index (χ2v) is 7.94. The molecule has 0 radical (unpaired) electrons. The number of hydrogen-bond acceptors (Lipinski definition) is 5. The number of amides is 1. The Bertz CT molecular complexity index is 1280. The van der Waals surface area contributed by atoms with Gasteiger partial charge in [-0.2, -0.15) is 0 Å². The number of aliphatic carboxylic acids is 1. The fourth-order valence-electron chi connectivity index (χ4n) is 4.08. The van der Waals surface area contributed by atoms with Gasteiger partial charge in [-0.1, -0.05) is 41.9 Å². The van der Waals surface area contributed by atoms with Gasteiger partial charge in [0.1, 0.15) is 18.1 Å². The third-order valence-electron chi connectivity index (χ3n) is 5.36. The van der Waals surface area contributed by atoms with E-state index in [9.17, 15) is 23.5 Å². The summed E-state index contributed by atoms with van der Waals surface area (Å²) in [6.07, 6.45) is -4.66. The highest BCUT2D eigenvalue weighted by Crippen LogP contribution is 2.50. The van der Waals surface area contributed by atoms with Crippen LogP contribution >= 0.6 is 11.6 Å². The zero-order chi connectivity index (χ0) is 24.6. The van der Waals surface area contributed by atoms with Crippen LogP contribution in [0.3, 0.4) is 0 Å². The van der Waals surface area contributed by atoms with E-state index in [2.05, 4.69) is 0 Å². The maximum Gasteiger partial charge on any atom is 0.307 e. The van der Waals surface area contributed by atoms with Gasteiger partial charge in [-0.3, -0.25) is 14.5 Å². The molecule has 0 saturated carbocycles. The first-order chi connectivity index (χ1) is 16.2. The van der Waals surface area contributed by atoms with Crippen LogP contribution in [0.15, 0.2) is 42.5 Å². The number of hydrogen-bond donors (Lipinski definition) is 2. The third-order valence-corrected chi connectivity index (χ3v) is 5.66. The maximum atomic E-state index is 13.6. The van der Waals surface area contributed by atoms with E-state index in [0.717, 1.165) is 4.90 Å². The van der Waals surface area contributed by atoms with Crippen molar-refractivity contribution in [2.24, 2.45) is 0 Å². The Balaban J connectivity index is 1.91. The molecule has 1 atom stereocenters. The summed E-state index contributed by atoms with van der Waals surface area (Å²) < 4.78 is 37.2. The van der Waals surface area contributed by atoms with Crippen LogP contribution in [-0.2, 0) is 11.2 Å². The van der Waals surface area contributed by atoms with Crippen molar-refractivity contribution in [2.45, 2.75) is 26.0 Å². The lowest BCUT2D eigenvalue weighted by Crippen LogP contribution is -2.28. The molecule has 1 aliphatic heterocycles. The highest BCUT2D eigenvalue weighted by molar-refractivity contribution is 6.34. The largest absolute Gasteiger partial charge is 0.492 e. The summed E-state index contributed by atoms with van der Waals surface area (Å²) in [6.45, 7) is 1.01. The summed E-state index contributed by atoms with van der Waals surface area (Å²) in [7, 11) is 0. The smallest absolute Gasteiger partial charge is 0.307 e. The van der Waals surface area contributed by atoms with Crippen molar-refractivity contribution < 1.29 is 38.1 Å². The molecule has 0 bridgehead atoms. The lowest BCUT2D eigenvalue weighted by Gasteiger charge is -2.23. The molecule has 34 heavy (non-hydrogen) atoms. The molecule has 1 unspecified atom stereocenters. The predicted molar refractivity (Wildman–Crippen MR) is 121 cm³/mol. The first-order valence-corrected chi connectivity index (χ1v) is 10.8. The molecular weight excluding hydrogens is 472 g/mol. The van der Waals surface area contributed by atoms with E-state index in [0.29, 0.717) is 16.3 Å². The van der Waals surface area contributed by atoms with Crippen molar-refractivity contribution in [1.82, 2.24) is 0 Å². The molecule has 0 saturated heterocycles. The second kappa shape index (κ2) is 9.44. The maximum absolute atomic E-state index is 13.6. The van der Waals surface area contributed by atoms with Crippen LogP contribution in [0.5, 0.6) is 11.5 Å². The van der Waals surface area contributed by atoms with E-state index in [1.54, 1.807) is 31.2 Å². The Morgan fingerprint density at radius 3 is 2.41 bits per heavy atom. The van der Waals surface area contributed by atoms with Crippen molar-refractivity contribution in [1.29, 1.82) is 0 Å². The van der Waals surface area contributed by atoms with Crippen molar-refractivity contribution in [3.05, 3.63) is 64.2 Å². The van der Waals surface area contributed by atoms with Crippen LogP contribution < -0.4 is 14.4 Å². The highest BCUT2D eigenvalue weighted by atomic mass is 35.5. The van der Waals surface area contributed by atoms with Gasteiger partial charge in [-0.25, -0.2) is 8.78 Å². The molecule has 3 aromatic rings. The van der Waals surface area contributed by atoms with Crippen molar-refractivity contribution in [3.8, 4) is 11.5 Å². The van der Waals surface area contributed by atoms with E-state index in [-0.39, 0.29) is 46.4 Å². The van der Waals surface area contributed by atoms with E-state index in [4.69, 9.17) is 26.2 Å². The number of aliphatic hydroxyl groups is 1. The molecule has 1 amide bonds. The fourth-order valence-corrected chi connectivity index (χ4v) is 4.38. The summed E-state index contributed by atoms with van der Waals surface area (Å²) in [5.41, 5.74) is 0.513. The summed E-state index contributed by atoms with van der Waals surface area (Å²) in [4.78, 5) is 25.6. The van der Waals surface area contributed by atoms with Gasteiger partial charge in [0.05, 0.1) is 34.9 Å². The van der Waals surface area contributed by atoms with Gasteiger partial charge in [-0.05, 0) is 24.6 Å². The number of nitrogens with zero attached hydrogens (tertiary/aromatic N) is 1. The molecule has 7 nitrogen and oxygen atoms in total. The molecule has 2 N–H and O–H groups in total. The number of alkyl halides is 2. The number of carbonyl (C=O) groups excluding carboxylic acids is 1. The normalized spacial score (nSPS) is 15.2. The van der Waals surface area contributed by atoms with Crippen LogP contribution in [0.4, 0.5) is 14.5 Å². The van der Waals surface area contributed by atoms with Gasteiger partial charge in [0, 0.05) is 10.8 Å². The molecule has 0 aliphatic carbocycles. The van der Waals surface area contributed by atoms with Crippen LogP contribution in [0.25, 0.3) is 10.8 Å². The molecule has 10 heteroatoms. The van der Waals surface area contributed by atoms with Gasteiger partial charge in [0.25, 0.3) is 12.3 Å². The molecule has 3 aromatic carbocycles. The monoisotopic (exact) mass is 491 g/mol. The average Bonchev–Trinajstić information content (AvgIpc) is 3.03. The van der Waals surface area contributed by atoms with Crippen molar-refractivity contribution in [3.63, 3.8) is 0 Å². The van der Waals surface area contributed by atoms with Gasteiger partial charge < -0.3 is 19.7 Å². The van der Waals surface area contributed by atoms with Crippen molar-refractivity contribution >= 4 is 39.9 Å². The number of rotatable bonds is 8. The molecule has 1 heterocycles. The number of anilines is 1. The topological polar surface area (TPSA) is 96.3 Å². The van der Waals surface area contributed by atoms with Gasteiger partial charge in [0.15, 0.2) is 6.23 Å². The molecule has 0 fully saturated rings. The number of carboxylic acids is 1. The predicted octanol–water partition coefficient (Wildman–Crippen LogP) is 4.81. The van der Waals surface area contributed by atoms with E-state index >= 15 is 0 Å². The fraction of sp³-hybridized carbons (Fsp3) is 0.250. The standard InChI is InChI=1S/C24H20ClF2NO6/c1-2-33-21-13-5-3-4-6-14(13)22(34-11-17(26)27)20-19(21)23(31)28(24(20)32)16-8-7-12(9-15(16)25)10-18(29)30/h3-9,17,24,32H,2,10-11H2,1H3,(H,29,30). The first-order valence-electron chi connectivity index (χ1n) is 10.4. The molecule has 1 aliphatic rings. The first kappa shape index (κ1) is 23.7. The molecule has 0 spiro atoms. The Morgan fingerprint density at radius 1 is 1.15 bits per heavy atom. The van der Waals surface area contributed by atoms with Crippen LogP contribution in [0.1, 0.15) is 34.6 Å². The van der Waals surface area contributed by atoms with Gasteiger partial charge in [0.2, 0.25) is 0 Å². The van der Waals surface area contributed by atoms with Gasteiger partial charge in [-0.15, -0.1) is 0 Å². The van der Waals surface area contributed by atoms with Crippen molar-refractivity contribution in [2.75, 3.05) is 18.1 Å². The number of benzene rings is 3. The van der Waals surface area contributed by atoms with Crippen LogP contribution in [-0.4, -0.2) is 41.7 Å². The Kier molecular flexibility index (Phi) is 6.58. The Morgan fingerprint density at radius 2 is 1.82 bits per heavy atom. The SMILES string of the molecule is CCOc1c2c(c(OCC(F)F)c3ccccc13)C(O)N(c1ccc(CC(=O)O)cc1Cl)C2=O. The van der Waals surface area contributed by atoms with Crippen LogP contribution in [0.2, 0.25) is 5.02 Å². The average molecular weight is 492 g/mol. The zero-order valence-corrected chi connectivity index (χ0v) is 18.7. The minimum atomic E-state index is -2.78. The number of carboxylic acid groups (broad SMARTS) is 1. The van der Waals surface area contributed by atoms with E-state index < -0.39 is 31.1 Å². The summed E-state index contributed by atoms with van der Waals surface area (Å²) in [5, 5.41) is 21.2. The summed E-state index contributed by atoms with van der Waals surface area (Å²) in [5.74, 6) is -1.56. The molecule has 4 rings (SSSR count). The zero-order valence-electron chi connectivity index (χ0n) is 17.9. The molecular formula is C24H20ClF2NO6. The number of fused-ring (bicyclic) bond motifs is 2. The second-order valence-electron chi connectivity index (χ2n) is 7.53.